The van der Waals surface area contributed by atoms with Gasteiger partial charge in [0.05, 0.1) is 12.6 Å². The first-order valence-electron chi connectivity index (χ1n) is 3.96. The summed E-state index contributed by atoms with van der Waals surface area (Å²) in [5.41, 5.74) is 2.48. The van der Waals surface area contributed by atoms with E-state index < -0.39 is 0 Å². The Kier molecular flexibility index (Phi) is 3.31. The molecule has 0 heterocycles. The lowest BCUT2D eigenvalue weighted by atomic mass is 10.1. The molecule has 1 aromatic carbocycles. The number of nitrogens with one attached hydrogen (secondary N) is 1. The molecule has 62 valence electrons. The van der Waals surface area contributed by atoms with E-state index in [9.17, 15) is 0 Å². The van der Waals surface area contributed by atoms with Crippen LogP contribution in [0.1, 0.15) is 11.1 Å². The molecular weight excluding hydrogens is 148 g/mol. The predicted octanol–water partition coefficient (Wildman–Crippen LogP) is 1.61. The van der Waals surface area contributed by atoms with Gasteiger partial charge in [0.1, 0.15) is 0 Å². The van der Waals surface area contributed by atoms with Crippen molar-refractivity contribution < 1.29 is 0 Å². The van der Waals surface area contributed by atoms with Crippen molar-refractivity contribution in [3.05, 3.63) is 35.4 Å². The Labute approximate surface area is 72.8 Å². The average Bonchev–Trinajstić information content (AvgIpc) is 2.05. The Bertz CT molecular complexity index is 286. The molecule has 2 heteroatoms. The molecule has 0 spiro atoms. The van der Waals surface area contributed by atoms with E-state index in [1.54, 1.807) is 0 Å². The molecule has 0 fully saturated rings. The first kappa shape index (κ1) is 8.76. The van der Waals surface area contributed by atoms with Crippen LogP contribution < -0.4 is 5.32 Å². The van der Waals surface area contributed by atoms with Crippen molar-refractivity contribution in [2.75, 3.05) is 6.54 Å². The number of rotatable bonds is 3. The van der Waals surface area contributed by atoms with Crippen molar-refractivity contribution >= 4 is 0 Å². The molecule has 0 bridgehead atoms. The minimum absolute atomic E-state index is 0.411. The van der Waals surface area contributed by atoms with Gasteiger partial charge in [-0.3, -0.25) is 0 Å². The van der Waals surface area contributed by atoms with E-state index in [-0.39, 0.29) is 0 Å². The SMILES string of the molecule is Cc1cccc(CNCC#N)c1. The summed E-state index contributed by atoms with van der Waals surface area (Å²) in [5, 5.41) is 11.3. The highest BCUT2D eigenvalue weighted by molar-refractivity contribution is 5.21. The maximum absolute atomic E-state index is 8.29. The first-order valence-corrected chi connectivity index (χ1v) is 3.96. The van der Waals surface area contributed by atoms with Gasteiger partial charge >= 0.3 is 0 Å². The maximum atomic E-state index is 8.29. The summed E-state index contributed by atoms with van der Waals surface area (Å²) in [5.74, 6) is 0. The topological polar surface area (TPSA) is 35.8 Å². The van der Waals surface area contributed by atoms with Crippen LogP contribution in [0.3, 0.4) is 0 Å². The minimum Gasteiger partial charge on any atom is -0.300 e. The molecule has 0 saturated carbocycles. The molecule has 0 aliphatic heterocycles. The Morgan fingerprint density at radius 2 is 2.33 bits per heavy atom. The first-order chi connectivity index (χ1) is 5.83. The Morgan fingerprint density at radius 1 is 1.50 bits per heavy atom. The van der Waals surface area contributed by atoms with Gasteiger partial charge in [-0.15, -0.1) is 0 Å². The van der Waals surface area contributed by atoms with E-state index >= 15 is 0 Å². The molecule has 0 aliphatic carbocycles. The summed E-state index contributed by atoms with van der Waals surface area (Å²) in [4.78, 5) is 0. The lowest BCUT2D eigenvalue weighted by Gasteiger charge is -2.01. The molecule has 1 aromatic rings. The van der Waals surface area contributed by atoms with Gasteiger partial charge in [-0.25, -0.2) is 0 Å². The molecule has 1 rings (SSSR count). The molecule has 0 atom stereocenters. The highest BCUT2D eigenvalue weighted by Gasteiger charge is 1.90. The second kappa shape index (κ2) is 4.53. The molecule has 2 nitrogen and oxygen atoms in total. The third kappa shape index (κ3) is 2.73. The Hall–Kier alpha value is -1.33. The minimum atomic E-state index is 0.411. The van der Waals surface area contributed by atoms with Crippen LogP contribution in [0.4, 0.5) is 0 Å². The van der Waals surface area contributed by atoms with Crippen LogP contribution >= 0.6 is 0 Å². The van der Waals surface area contributed by atoms with Crippen LogP contribution in [0.15, 0.2) is 24.3 Å². The summed E-state index contributed by atoms with van der Waals surface area (Å²) in [6.45, 7) is 3.25. The van der Waals surface area contributed by atoms with Crippen LogP contribution in [0.5, 0.6) is 0 Å². The Morgan fingerprint density at radius 3 is 3.00 bits per heavy atom. The van der Waals surface area contributed by atoms with E-state index in [2.05, 4.69) is 30.4 Å². The third-order valence-corrected chi connectivity index (χ3v) is 1.62. The van der Waals surface area contributed by atoms with Gasteiger partial charge in [-0.2, -0.15) is 5.26 Å². The highest BCUT2D eigenvalue weighted by atomic mass is 14.8. The summed E-state index contributed by atoms with van der Waals surface area (Å²) >= 11 is 0. The average molecular weight is 160 g/mol. The van der Waals surface area contributed by atoms with Gasteiger partial charge in [-0.05, 0) is 12.5 Å². The van der Waals surface area contributed by atoms with Crippen LogP contribution in [0.2, 0.25) is 0 Å². The quantitative estimate of drug-likeness (QED) is 0.538. The largest absolute Gasteiger partial charge is 0.300 e. The lowest BCUT2D eigenvalue weighted by Crippen LogP contribution is -2.12. The summed E-state index contributed by atoms with van der Waals surface area (Å²) in [6, 6.07) is 10.3. The fraction of sp³-hybridized carbons (Fsp3) is 0.300. The van der Waals surface area contributed by atoms with E-state index in [0.717, 1.165) is 6.54 Å². The number of hydrogen-bond acceptors (Lipinski definition) is 2. The monoisotopic (exact) mass is 160 g/mol. The number of nitrogens with zero attached hydrogens (tertiary/aromatic N) is 1. The zero-order valence-electron chi connectivity index (χ0n) is 7.17. The van der Waals surface area contributed by atoms with Gasteiger partial charge in [0, 0.05) is 6.54 Å². The lowest BCUT2D eigenvalue weighted by molar-refractivity contribution is 0.765. The van der Waals surface area contributed by atoms with Crippen LogP contribution in [-0.2, 0) is 6.54 Å². The van der Waals surface area contributed by atoms with Gasteiger partial charge < -0.3 is 5.32 Å². The summed E-state index contributed by atoms with van der Waals surface area (Å²) < 4.78 is 0. The standard InChI is InChI=1S/C10H12N2/c1-9-3-2-4-10(7-9)8-12-6-5-11/h2-4,7,12H,6,8H2,1H3. The van der Waals surface area contributed by atoms with E-state index in [4.69, 9.17) is 5.26 Å². The zero-order chi connectivity index (χ0) is 8.81. The molecule has 0 radical (unpaired) electrons. The zero-order valence-corrected chi connectivity index (χ0v) is 7.17. The summed E-state index contributed by atoms with van der Waals surface area (Å²) in [6.07, 6.45) is 0. The van der Waals surface area contributed by atoms with Crippen molar-refractivity contribution in [1.82, 2.24) is 5.32 Å². The molecule has 0 unspecified atom stereocenters. The molecule has 0 aromatic heterocycles. The molecule has 0 amide bonds. The second-order valence-electron chi connectivity index (χ2n) is 2.75. The molecule has 0 aliphatic rings. The van der Waals surface area contributed by atoms with Crippen molar-refractivity contribution in [3.63, 3.8) is 0 Å². The van der Waals surface area contributed by atoms with Crippen LogP contribution in [0, 0.1) is 18.3 Å². The second-order valence-corrected chi connectivity index (χ2v) is 2.75. The molecule has 1 N–H and O–H groups in total. The normalized spacial score (nSPS) is 9.33. The van der Waals surface area contributed by atoms with E-state index in [0.29, 0.717) is 6.54 Å². The molecular formula is C10H12N2. The van der Waals surface area contributed by atoms with Gasteiger partial charge in [0.15, 0.2) is 0 Å². The third-order valence-electron chi connectivity index (χ3n) is 1.62. The number of aryl methyl sites for hydroxylation is 1. The molecule has 0 saturated heterocycles. The summed E-state index contributed by atoms with van der Waals surface area (Å²) in [7, 11) is 0. The van der Waals surface area contributed by atoms with Gasteiger partial charge in [0.2, 0.25) is 0 Å². The van der Waals surface area contributed by atoms with Gasteiger partial charge in [-0.1, -0.05) is 29.8 Å². The predicted molar refractivity (Wildman–Crippen MR) is 48.5 cm³/mol. The fourth-order valence-corrected chi connectivity index (χ4v) is 1.08. The van der Waals surface area contributed by atoms with Crippen molar-refractivity contribution in [1.29, 1.82) is 5.26 Å². The van der Waals surface area contributed by atoms with Crippen LogP contribution in [-0.4, -0.2) is 6.54 Å². The number of hydrogen-bond donors (Lipinski definition) is 1. The maximum Gasteiger partial charge on any atom is 0.0843 e. The smallest absolute Gasteiger partial charge is 0.0843 e. The number of benzene rings is 1. The van der Waals surface area contributed by atoms with Gasteiger partial charge in [0.25, 0.3) is 0 Å². The van der Waals surface area contributed by atoms with Crippen LogP contribution in [0.25, 0.3) is 0 Å². The number of nitriles is 1. The van der Waals surface area contributed by atoms with Crippen molar-refractivity contribution in [2.45, 2.75) is 13.5 Å². The fourth-order valence-electron chi connectivity index (χ4n) is 1.08. The van der Waals surface area contributed by atoms with E-state index in [1.165, 1.54) is 11.1 Å². The van der Waals surface area contributed by atoms with Crippen molar-refractivity contribution in [2.24, 2.45) is 0 Å². The highest BCUT2D eigenvalue weighted by Crippen LogP contribution is 2.02. The van der Waals surface area contributed by atoms with Crippen molar-refractivity contribution in [3.8, 4) is 6.07 Å². The Balaban J connectivity index is 2.48. The molecule has 12 heavy (non-hydrogen) atoms. The van der Waals surface area contributed by atoms with E-state index in [1.807, 2.05) is 12.1 Å².